The summed E-state index contributed by atoms with van der Waals surface area (Å²) in [4.78, 5) is 48.4. The smallest absolute Gasteiger partial charge is 0.407 e. The van der Waals surface area contributed by atoms with E-state index in [0.717, 1.165) is 28.7 Å². The number of carbonyl (C=O) groups excluding carboxylic acids is 4. The second-order valence-electron chi connectivity index (χ2n) is 10.5. The highest BCUT2D eigenvalue weighted by Crippen LogP contribution is 2.44. The molecule has 0 aromatic heterocycles. The van der Waals surface area contributed by atoms with Crippen LogP contribution >= 0.6 is 0 Å². The Hall–Kier alpha value is -4.08. The van der Waals surface area contributed by atoms with Crippen molar-refractivity contribution in [1.82, 2.24) is 16.0 Å². The van der Waals surface area contributed by atoms with Crippen molar-refractivity contribution >= 4 is 24.0 Å². The Bertz CT molecular complexity index is 1130. The van der Waals surface area contributed by atoms with Gasteiger partial charge < -0.3 is 31.2 Å². The van der Waals surface area contributed by atoms with E-state index >= 15 is 0 Å². The van der Waals surface area contributed by atoms with Gasteiger partial charge >= 0.3 is 12.2 Å². The van der Waals surface area contributed by atoms with Crippen LogP contribution in [-0.4, -0.2) is 55.3 Å². The molecule has 210 valence electrons. The number of rotatable bonds is 12. The lowest BCUT2D eigenvalue weighted by atomic mass is 9.98. The zero-order valence-corrected chi connectivity index (χ0v) is 22.8. The maximum atomic E-state index is 12.7. The lowest BCUT2D eigenvalue weighted by molar-refractivity contribution is -0.127. The predicted molar refractivity (Wildman–Crippen MR) is 147 cm³/mol. The molecular weight excluding hydrogens is 500 g/mol. The summed E-state index contributed by atoms with van der Waals surface area (Å²) in [6, 6.07) is 14.8. The molecule has 0 radical (unpaired) electrons. The first-order valence-corrected chi connectivity index (χ1v) is 13.2. The number of primary amides is 1. The van der Waals surface area contributed by atoms with Crippen LogP contribution in [0.2, 0.25) is 0 Å². The molecule has 0 spiro atoms. The third-order valence-corrected chi connectivity index (χ3v) is 6.18. The van der Waals surface area contributed by atoms with Gasteiger partial charge in [-0.1, -0.05) is 48.5 Å². The third-order valence-electron chi connectivity index (χ3n) is 6.18. The van der Waals surface area contributed by atoms with Gasteiger partial charge in [-0.05, 0) is 62.3 Å². The lowest BCUT2D eigenvalue weighted by Gasteiger charge is -2.19. The van der Waals surface area contributed by atoms with E-state index in [1.807, 2.05) is 48.5 Å². The molecule has 39 heavy (non-hydrogen) atoms. The molecule has 0 saturated heterocycles. The van der Waals surface area contributed by atoms with Crippen LogP contribution in [0, 0.1) is 0 Å². The number of nitrogens with one attached hydrogen (secondary N) is 3. The summed E-state index contributed by atoms with van der Waals surface area (Å²) in [5.41, 5.74) is 9.10. The molecule has 0 unspecified atom stereocenters. The molecule has 0 aliphatic heterocycles. The third kappa shape index (κ3) is 9.01. The fourth-order valence-electron chi connectivity index (χ4n) is 4.46. The van der Waals surface area contributed by atoms with Gasteiger partial charge in [0.25, 0.3) is 0 Å². The Labute approximate surface area is 229 Å². The van der Waals surface area contributed by atoms with Crippen molar-refractivity contribution in [2.24, 2.45) is 5.73 Å². The first-order valence-electron chi connectivity index (χ1n) is 13.2. The maximum absolute atomic E-state index is 12.7. The first kappa shape index (κ1) is 29.5. The minimum Gasteiger partial charge on any atom is -0.449 e. The minimum absolute atomic E-state index is 0.0854. The van der Waals surface area contributed by atoms with Crippen molar-refractivity contribution in [2.45, 2.75) is 64.0 Å². The summed E-state index contributed by atoms with van der Waals surface area (Å²) < 4.78 is 10.7. The van der Waals surface area contributed by atoms with Crippen molar-refractivity contribution in [1.29, 1.82) is 0 Å². The van der Waals surface area contributed by atoms with Crippen LogP contribution in [0.3, 0.4) is 0 Å². The van der Waals surface area contributed by atoms with E-state index in [-0.39, 0.29) is 18.9 Å². The average molecular weight is 539 g/mol. The van der Waals surface area contributed by atoms with Crippen molar-refractivity contribution in [3.05, 3.63) is 59.7 Å². The molecule has 0 heterocycles. The zero-order chi connectivity index (χ0) is 28.4. The van der Waals surface area contributed by atoms with E-state index in [1.54, 1.807) is 20.8 Å². The topological polar surface area (TPSA) is 149 Å². The van der Waals surface area contributed by atoms with Crippen molar-refractivity contribution in [2.75, 3.05) is 19.7 Å². The summed E-state index contributed by atoms with van der Waals surface area (Å²) in [7, 11) is 0. The van der Waals surface area contributed by atoms with Crippen molar-refractivity contribution < 1.29 is 28.7 Å². The highest BCUT2D eigenvalue weighted by molar-refractivity contribution is 5.90. The number of hydrogen-bond donors (Lipinski definition) is 4. The number of alkyl carbamates (subject to hydrolysis) is 2. The van der Waals surface area contributed by atoms with Gasteiger partial charge in [-0.25, -0.2) is 9.59 Å². The molecule has 10 heteroatoms. The Morgan fingerprint density at radius 2 is 1.41 bits per heavy atom. The number of hydrogen-bond acceptors (Lipinski definition) is 6. The molecule has 2 aromatic carbocycles. The second-order valence-corrected chi connectivity index (χ2v) is 10.5. The van der Waals surface area contributed by atoms with E-state index < -0.39 is 35.6 Å². The number of carbonyl (C=O) groups is 4. The highest BCUT2D eigenvalue weighted by atomic mass is 16.6. The van der Waals surface area contributed by atoms with Crippen LogP contribution < -0.4 is 21.7 Å². The van der Waals surface area contributed by atoms with Gasteiger partial charge in [0.05, 0.1) is 6.42 Å². The van der Waals surface area contributed by atoms with Crippen LogP contribution in [0.5, 0.6) is 0 Å². The van der Waals surface area contributed by atoms with E-state index in [4.69, 9.17) is 15.2 Å². The fraction of sp³-hybridized carbons (Fsp3) is 0.448. The number of fused-ring (bicyclic) bond motifs is 3. The van der Waals surface area contributed by atoms with Crippen LogP contribution in [0.25, 0.3) is 11.1 Å². The Morgan fingerprint density at radius 1 is 0.846 bits per heavy atom. The number of unbranched alkanes of at least 4 members (excludes halogenated alkanes) is 2. The van der Waals surface area contributed by atoms with Crippen LogP contribution in [0.1, 0.15) is 63.5 Å². The monoisotopic (exact) mass is 538 g/mol. The second kappa shape index (κ2) is 13.6. The minimum atomic E-state index is -1.15. The SMILES string of the molecule is CC(C)(C)OC(=O)NCCCCCNC(=O)[C@H](CC(N)=O)NC(=O)OCC1c2ccccc2-c2ccccc21. The molecule has 1 atom stereocenters. The molecule has 0 saturated carbocycles. The van der Waals surface area contributed by atoms with Gasteiger partial charge in [-0.3, -0.25) is 9.59 Å². The largest absolute Gasteiger partial charge is 0.449 e. The summed E-state index contributed by atoms with van der Waals surface area (Å²) in [6.45, 7) is 6.26. The zero-order valence-electron chi connectivity index (χ0n) is 22.8. The molecule has 10 nitrogen and oxygen atoms in total. The molecule has 2 aromatic rings. The molecule has 4 amide bonds. The maximum Gasteiger partial charge on any atom is 0.407 e. The Kier molecular flexibility index (Phi) is 10.3. The van der Waals surface area contributed by atoms with Gasteiger partial charge in [-0.2, -0.15) is 0 Å². The van der Waals surface area contributed by atoms with Crippen molar-refractivity contribution in [3.8, 4) is 11.1 Å². The molecule has 3 rings (SSSR count). The summed E-state index contributed by atoms with van der Waals surface area (Å²) in [5.74, 6) is -1.37. The van der Waals surface area contributed by atoms with Crippen molar-refractivity contribution in [3.63, 3.8) is 0 Å². The standard InChI is InChI=1S/C29H38N4O6/c1-29(2,3)39-27(36)32-16-10-4-9-15-31-26(35)24(17-25(30)34)33-28(37)38-18-23-21-13-7-5-11-19(21)20-12-6-8-14-22(20)23/h5-8,11-14,23-24H,4,9-10,15-18H2,1-3H3,(H2,30,34)(H,31,35)(H,32,36)(H,33,37)/t24-/m0/s1. The number of amides is 4. The van der Waals surface area contributed by atoms with E-state index in [2.05, 4.69) is 16.0 Å². The molecular formula is C29H38N4O6. The summed E-state index contributed by atoms with van der Waals surface area (Å²) >= 11 is 0. The molecule has 5 N–H and O–H groups in total. The van der Waals surface area contributed by atoms with Gasteiger partial charge in [-0.15, -0.1) is 0 Å². The van der Waals surface area contributed by atoms with Gasteiger partial charge in [0, 0.05) is 19.0 Å². The molecule has 0 fully saturated rings. The van der Waals surface area contributed by atoms with Crippen LogP contribution in [0.15, 0.2) is 48.5 Å². The number of benzene rings is 2. The fourth-order valence-corrected chi connectivity index (χ4v) is 4.46. The lowest BCUT2D eigenvalue weighted by Crippen LogP contribution is -2.49. The molecule has 0 bridgehead atoms. The number of ether oxygens (including phenoxy) is 2. The highest BCUT2D eigenvalue weighted by Gasteiger charge is 2.30. The Balaban J connectivity index is 1.43. The van der Waals surface area contributed by atoms with Gasteiger partial charge in [0.2, 0.25) is 11.8 Å². The quantitative estimate of drug-likeness (QED) is 0.304. The van der Waals surface area contributed by atoms with Gasteiger partial charge in [0.1, 0.15) is 18.2 Å². The average Bonchev–Trinajstić information content (AvgIpc) is 3.18. The predicted octanol–water partition coefficient (Wildman–Crippen LogP) is 3.58. The number of nitrogens with two attached hydrogens (primary N) is 1. The summed E-state index contributed by atoms with van der Waals surface area (Å²) in [6.07, 6.45) is 0.482. The van der Waals surface area contributed by atoms with Gasteiger partial charge in [0.15, 0.2) is 0 Å². The first-order chi connectivity index (χ1) is 18.5. The summed E-state index contributed by atoms with van der Waals surface area (Å²) in [5, 5.41) is 7.88. The Morgan fingerprint density at radius 3 is 1.97 bits per heavy atom. The van der Waals surface area contributed by atoms with E-state index in [1.165, 1.54) is 0 Å². The van der Waals surface area contributed by atoms with Crippen LogP contribution in [-0.2, 0) is 19.1 Å². The normalized spacial score (nSPS) is 13.0. The van der Waals surface area contributed by atoms with Crippen LogP contribution in [0.4, 0.5) is 9.59 Å². The van der Waals surface area contributed by atoms with E-state index in [0.29, 0.717) is 25.9 Å². The van der Waals surface area contributed by atoms with E-state index in [9.17, 15) is 19.2 Å². The molecule has 1 aliphatic carbocycles. The molecule has 1 aliphatic rings.